The van der Waals surface area contributed by atoms with Gasteiger partial charge in [0.05, 0.1) is 25.2 Å². The lowest BCUT2D eigenvalue weighted by Crippen LogP contribution is -2.52. The van der Waals surface area contributed by atoms with E-state index in [0.717, 1.165) is 16.8 Å². The highest BCUT2D eigenvalue weighted by atomic mass is 32.2. The SMILES string of the molecule is CS(=O)(=O)N1CC2(CCN(C(=O)[C@@H](N)COCc3ccccc3)CC2)c2ccccc21. The molecule has 0 aromatic heterocycles. The molecule has 1 amide bonds. The number of likely N-dealkylation sites (tertiary alicyclic amines) is 1. The summed E-state index contributed by atoms with van der Waals surface area (Å²) >= 11 is 0. The van der Waals surface area contributed by atoms with Crippen LogP contribution in [0.25, 0.3) is 0 Å². The highest BCUT2D eigenvalue weighted by Crippen LogP contribution is 2.47. The van der Waals surface area contributed by atoms with Gasteiger partial charge in [-0.25, -0.2) is 8.42 Å². The van der Waals surface area contributed by atoms with Crippen LogP contribution in [0.1, 0.15) is 24.0 Å². The van der Waals surface area contributed by atoms with Gasteiger partial charge < -0.3 is 15.4 Å². The second-order valence-corrected chi connectivity index (χ2v) is 10.4. The molecule has 0 bridgehead atoms. The first kappa shape index (κ1) is 21.8. The molecular weight excluding hydrogens is 414 g/mol. The summed E-state index contributed by atoms with van der Waals surface area (Å²) in [4.78, 5) is 14.6. The second kappa shape index (κ2) is 8.61. The van der Waals surface area contributed by atoms with Gasteiger partial charge in [0.1, 0.15) is 6.04 Å². The van der Waals surface area contributed by atoms with Gasteiger partial charge >= 0.3 is 0 Å². The van der Waals surface area contributed by atoms with Crippen LogP contribution in [0, 0.1) is 0 Å². The van der Waals surface area contributed by atoms with Crippen LogP contribution in [0.15, 0.2) is 54.6 Å². The summed E-state index contributed by atoms with van der Waals surface area (Å²) in [6.45, 7) is 2.12. The third-order valence-corrected chi connectivity index (χ3v) is 7.48. The van der Waals surface area contributed by atoms with Gasteiger partial charge in [-0.05, 0) is 30.0 Å². The van der Waals surface area contributed by atoms with Crippen molar-refractivity contribution in [1.82, 2.24) is 4.90 Å². The number of nitrogens with zero attached hydrogens (tertiary/aromatic N) is 2. The smallest absolute Gasteiger partial charge is 0.241 e. The number of para-hydroxylation sites is 1. The van der Waals surface area contributed by atoms with Crippen molar-refractivity contribution >= 4 is 21.6 Å². The van der Waals surface area contributed by atoms with E-state index in [9.17, 15) is 13.2 Å². The predicted molar refractivity (Wildman–Crippen MR) is 120 cm³/mol. The first-order chi connectivity index (χ1) is 14.8. The number of carbonyl (C=O) groups is 1. The normalized spacial score (nSPS) is 18.8. The molecule has 2 heterocycles. The maximum Gasteiger partial charge on any atom is 0.241 e. The van der Waals surface area contributed by atoms with Crippen LogP contribution in [0.2, 0.25) is 0 Å². The Bertz CT molecular complexity index is 1030. The summed E-state index contributed by atoms with van der Waals surface area (Å²) in [5, 5.41) is 0. The topological polar surface area (TPSA) is 92.9 Å². The first-order valence-corrected chi connectivity index (χ1v) is 12.4. The van der Waals surface area contributed by atoms with Crippen LogP contribution in [0.3, 0.4) is 0 Å². The summed E-state index contributed by atoms with van der Waals surface area (Å²) in [6, 6.07) is 16.8. The van der Waals surface area contributed by atoms with Gasteiger partial charge in [-0.15, -0.1) is 0 Å². The number of amides is 1. The zero-order chi connectivity index (χ0) is 22.1. The molecule has 31 heavy (non-hydrogen) atoms. The Morgan fingerprint density at radius 1 is 1.10 bits per heavy atom. The molecule has 4 rings (SSSR count). The van der Waals surface area contributed by atoms with E-state index in [2.05, 4.69) is 0 Å². The molecule has 166 valence electrons. The summed E-state index contributed by atoms with van der Waals surface area (Å²) in [5.41, 5.74) is 8.71. The molecule has 0 unspecified atom stereocenters. The molecule has 0 aliphatic carbocycles. The maximum absolute atomic E-state index is 12.8. The van der Waals surface area contributed by atoms with Crippen molar-refractivity contribution in [2.75, 3.05) is 36.8 Å². The van der Waals surface area contributed by atoms with E-state index >= 15 is 0 Å². The van der Waals surface area contributed by atoms with Gasteiger partial charge in [0.15, 0.2) is 0 Å². The Hall–Kier alpha value is -2.42. The van der Waals surface area contributed by atoms with E-state index in [0.29, 0.717) is 39.1 Å². The number of carbonyl (C=O) groups excluding carboxylic acids is 1. The summed E-state index contributed by atoms with van der Waals surface area (Å²) in [7, 11) is -3.35. The van der Waals surface area contributed by atoms with Crippen molar-refractivity contribution in [3.8, 4) is 0 Å². The van der Waals surface area contributed by atoms with E-state index < -0.39 is 16.1 Å². The molecule has 2 aliphatic heterocycles. The van der Waals surface area contributed by atoms with E-state index in [4.69, 9.17) is 10.5 Å². The Labute approximate surface area is 183 Å². The standard InChI is InChI=1S/C23H29N3O4S/c1-31(28,29)26-17-23(19-9-5-6-10-21(19)26)11-13-25(14-12-23)22(27)20(24)16-30-15-18-7-3-2-4-8-18/h2-10,20H,11-17,24H2,1H3/t20-/m0/s1. The van der Waals surface area contributed by atoms with Gasteiger partial charge in [-0.1, -0.05) is 48.5 Å². The number of anilines is 1. The van der Waals surface area contributed by atoms with Gasteiger partial charge in [0.2, 0.25) is 15.9 Å². The first-order valence-electron chi connectivity index (χ1n) is 10.5. The average molecular weight is 444 g/mol. The lowest BCUT2D eigenvalue weighted by atomic mass is 9.74. The molecule has 0 saturated carbocycles. The largest absolute Gasteiger partial charge is 0.375 e. The van der Waals surface area contributed by atoms with E-state index in [1.807, 2.05) is 54.6 Å². The van der Waals surface area contributed by atoms with Crippen LogP contribution in [0.5, 0.6) is 0 Å². The van der Waals surface area contributed by atoms with Gasteiger partial charge in [-0.2, -0.15) is 0 Å². The molecule has 1 spiro atoms. The molecule has 2 aliphatic rings. The molecule has 7 nitrogen and oxygen atoms in total. The quantitative estimate of drug-likeness (QED) is 0.736. The number of sulfonamides is 1. The van der Waals surface area contributed by atoms with Gasteiger partial charge in [0.25, 0.3) is 0 Å². The molecule has 2 N–H and O–H groups in total. The van der Waals surface area contributed by atoms with Crippen molar-refractivity contribution < 1.29 is 17.9 Å². The Balaban J connectivity index is 1.36. The van der Waals surface area contributed by atoms with Crippen molar-refractivity contribution in [3.05, 3.63) is 65.7 Å². The lowest BCUT2D eigenvalue weighted by molar-refractivity contribution is -0.135. The Morgan fingerprint density at radius 3 is 2.42 bits per heavy atom. The minimum atomic E-state index is -3.35. The zero-order valence-corrected chi connectivity index (χ0v) is 18.6. The molecule has 1 atom stereocenters. The second-order valence-electron chi connectivity index (χ2n) is 8.50. The molecule has 2 aromatic carbocycles. The fourth-order valence-corrected chi connectivity index (χ4v) is 5.65. The maximum atomic E-state index is 12.8. The summed E-state index contributed by atoms with van der Waals surface area (Å²) < 4.78 is 31.8. The van der Waals surface area contributed by atoms with Crippen molar-refractivity contribution in [3.63, 3.8) is 0 Å². The molecule has 0 radical (unpaired) electrons. The number of hydrogen-bond donors (Lipinski definition) is 1. The number of ether oxygens (including phenoxy) is 1. The molecule has 8 heteroatoms. The summed E-state index contributed by atoms with van der Waals surface area (Å²) in [6.07, 6.45) is 2.66. The molecule has 2 aromatic rings. The monoisotopic (exact) mass is 443 g/mol. The lowest BCUT2D eigenvalue weighted by Gasteiger charge is -2.40. The van der Waals surface area contributed by atoms with Crippen molar-refractivity contribution in [2.45, 2.75) is 30.9 Å². The van der Waals surface area contributed by atoms with Crippen LogP contribution in [-0.2, 0) is 31.6 Å². The number of rotatable bonds is 6. The van der Waals surface area contributed by atoms with Crippen molar-refractivity contribution in [1.29, 1.82) is 0 Å². The van der Waals surface area contributed by atoms with E-state index in [1.165, 1.54) is 10.6 Å². The van der Waals surface area contributed by atoms with Crippen LogP contribution in [-0.4, -0.2) is 57.8 Å². The van der Waals surface area contributed by atoms with Crippen LogP contribution < -0.4 is 10.0 Å². The van der Waals surface area contributed by atoms with Crippen molar-refractivity contribution in [2.24, 2.45) is 5.73 Å². The third kappa shape index (κ3) is 4.46. The number of piperidine rings is 1. The number of fused-ring (bicyclic) bond motifs is 2. The fourth-order valence-electron chi connectivity index (χ4n) is 4.65. The van der Waals surface area contributed by atoms with Gasteiger partial charge in [0, 0.05) is 25.0 Å². The van der Waals surface area contributed by atoms with E-state index in [-0.39, 0.29) is 17.9 Å². The third-order valence-electron chi connectivity index (χ3n) is 6.35. The minimum Gasteiger partial charge on any atom is -0.375 e. The van der Waals surface area contributed by atoms with Gasteiger partial charge in [-0.3, -0.25) is 9.10 Å². The molecular formula is C23H29N3O4S. The fraction of sp³-hybridized carbons (Fsp3) is 0.435. The van der Waals surface area contributed by atoms with Crippen LogP contribution >= 0.6 is 0 Å². The minimum absolute atomic E-state index is 0.117. The Morgan fingerprint density at radius 2 is 1.74 bits per heavy atom. The van der Waals surface area contributed by atoms with E-state index in [1.54, 1.807) is 4.90 Å². The zero-order valence-electron chi connectivity index (χ0n) is 17.7. The molecule has 1 saturated heterocycles. The Kier molecular flexibility index (Phi) is 6.05. The predicted octanol–water partition coefficient (Wildman–Crippen LogP) is 1.87. The highest BCUT2D eigenvalue weighted by Gasteiger charge is 2.47. The average Bonchev–Trinajstić information content (AvgIpc) is 3.09. The molecule has 1 fully saturated rings. The highest BCUT2D eigenvalue weighted by molar-refractivity contribution is 7.92. The number of nitrogens with two attached hydrogens (primary N) is 1. The number of benzene rings is 2. The summed E-state index contributed by atoms with van der Waals surface area (Å²) in [5.74, 6) is -0.117. The number of hydrogen-bond acceptors (Lipinski definition) is 5. The van der Waals surface area contributed by atoms with Crippen LogP contribution in [0.4, 0.5) is 5.69 Å².